The third kappa shape index (κ3) is 2.33. The molecule has 1 aromatic heterocycles. The van der Waals surface area contributed by atoms with Crippen molar-refractivity contribution in [2.75, 3.05) is 24.5 Å². The van der Waals surface area contributed by atoms with Crippen LogP contribution in [0.25, 0.3) is 0 Å². The second-order valence-corrected chi connectivity index (χ2v) is 3.77. The van der Waals surface area contributed by atoms with Crippen LogP contribution in [0.1, 0.15) is 0 Å². The maximum Gasteiger partial charge on any atom is 0.241 e. The van der Waals surface area contributed by atoms with Crippen molar-refractivity contribution in [1.29, 1.82) is 0 Å². The summed E-state index contributed by atoms with van der Waals surface area (Å²) in [5.74, 6) is -2.16. The van der Waals surface area contributed by atoms with Gasteiger partial charge in [0.1, 0.15) is 11.9 Å². The predicted molar refractivity (Wildman–Crippen MR) is 57.4 cm³/mol. The molecule has 0 bridgehead atoms. The number of pyridine rings is 1. The fourth-order valence-corrected chi connectivity index (χ4v) is 1.83. The Balaban J connectivity index is 2.32. The fraction of sp³-hybridized carbons (Fsp3) is 0.400. The first-order valence-electron chi connectivity index (χ1n) is 5.17. The lowest BCUT2D eigenvalue weighted by Gasteiger charge is -2.35. The Morgan fingerprint density at radius 3 is 3.00 bits per heavy atom. The SMILES string of the molecule is NC(=O)C1CNCCN1c1ncc(F)cc1F. The quantitative estimate of drug-likeness (QED) is 0.742. The van der Waals surface area contributed by atoms with Crippen LogP contribution in [0, 0.1) is 11.6 Å². The average Bonchev–Trinajstić information content (AvgIpc) is 2.29. The lowest BCUT2D eigenvalue weighted by atomic mass is 10.2. The molecule has 1 atom stereocenters. The van der Waals surface area contributed by atoms with Gasteiger partial charge in [-0.3, -0.25) is 4.79 Å². The van der Waals surface area contributed by atoms with Gasteiger partial charge in [0.25, 0.3) is 0 Å². The van der Waals surface area contributed by atoms with E-state index >= 15 is 0 Å². The molecule has 5 nitrogen and oxygen atoms in total. The van der Waals surface area contributed by atoms with Gasteiger partial charge in [0.2, 0.25) is 5.91 Å². The molecule has 0 radical (unpaired) electrons. The summed E-state index contributed by atoms with van der Waals surface area (Å²) >= 11 is 0. The molecule has 17 heavy (non-hydrogen) atoms. The second kappa shape index (κ2) is 4.62. The number of rotatable bonds is 2. The summed E-state index contributed by atoms with van der Waals surface area (Å²) < 4.78 is 26.3. The Bertz CT molecular complexity index is 440. The molecule has 1 aromatic rings. The van der Waals surface area contributed by atoms with Crippen LogP contribution in [0.15, 0.2) is 12.3 Å². The molecule has 0 saturated carbocycles. The number of amides is 1. The zero-order chi connectivity index (χ0) is 12.4. The molecule has 1 aliphatic rings. The number of nitrogens with one attached hydrogen (secondary N) is 1. The van der Waals surface area contributed by atoms with Gasteiger partial charge in [0, 0.05) is 25.7 Å². The minimum absolute atomic E-state index is 0.0447. The van der Waals surface area contributed by atoms with Crippen LogP contribution < -0.4 is 16.0 Å². The predicted octanol–water partition coefficient (Wildman–Crippen LogP) is -0.377. The van der Waals surface area contributed by atoms with Crippen molar-refractivity contribution in [2.45, 2.75) is 6.04 Å². The van der Waals surface area contributed by atoms with E-state index in [1.165, 1.54) is 4.90 Å². The van der Waals surface area contributed by atoms with Gasteiger partial charge in [0.15, 0.2) is 11.6 Å². The van der Waals surface area contributed by atoms with Gasteiger partial charge in [-0.2, -0.15) is 0 Å². The Hall–Kier alpha value is -1.76. The smallest absolute Gasteiger partial charge is 0.241 e. The summed E-state index contributed by atoms with van der Waals surface area (Å²) in [6.45, 7) is 1.30. The molecular weight excluding hydrogens is 230 g/mol. The third-order valence-electron chi connectivity index (χ3n) is 2.63. The standard InChI is InChI=1S/C10H12F2N4O/c11-6-3-7(12)10(15-4-6)16-2-1-14-5-8(16)9(13)17/h3-4,8,14H,1-2,5H2,(H2,13,17). The number of carbonyl (C=O) groups is 1. The van der Waals surface area contributed by atoms with Gasteiger partial charge in [-0.25, -0.2) is 13.8 Å². The van der Waals surface area contributed by atoms with Crippen LogP contribution in [0.4, 0.5) is 14.6 Å². The minimum Gasteiger partial charge on any atom is -0.368 e. The first-order valence-corrected chi connectivity index (χ1v) is 5.17. The summed E-state index contributed by atoms with van der Waals surface area (Å²) in [7, 11) is 0. The number of halogens is 2. The molecule has 2 rings (SSSR count). The minimum atomic E-state index is -0.793. The summed E-state index contributed by atoms with van der Waals surface area (Å²) in [5.41, 5.74) is 5.23. The first-order chi connectivity index (χ1) is 8.09. The molecule has 1 aliphatic heterocycles. The van der Waals surface area contributed by atoms with E-state index < -0.39 is 23.6 Å². The Kier molecular flexibility index (Phi) is 3.19. The van der Waals surface area contributed by atoms with Crippen molar-refractivity contribution < 1.29 is 13.6 Å². The molecule has 3 N–H and O–H groups in total. The van der Waals surface area contributed by atoms with Crippen LogP contribution >= 0.6 is 0 Å². The molecule has 92 valence electrons. The monoisotopic (exact) mass is 242 g/mol. The molecule has 1 amide bonds. The highest BCUT2D eigenvalue weighted by atomic mass is 19.1. The van der Waals surface area contributed by atoms with E-state index in [0.29, 0.717) is 19.6 Å². The molecule has 0 aromatic carbocycles. The van der Waals surface area contributed by atoms with Crippen molar-refractivity contribution in [3.05, 3.63) is 23.9 Å². The van der Waals surface area contributed by atoms with Crippen LogP contribution in [-0.2, 0) is 4.79 Å². The highest BCUT2D eigenvalue weighted by molar-refractivity contribution is 5.83. The normalized spacial score (nSPS) is 20.4. The van der Waals surface area contributed by atoms with Gasteiger partial charge in [-0.15, -0.1) is 0 Å². The second-order valence-electron chi connectivity index (χ2n) is 3.77. The van der Waals surface area contributed by atoms with Gasteiger partial charge >= 0.3 is 0 Å². The van der Waals surface area contributed by atoms with E-state index in [1.807, 2.05) is 0 Å². The fourth-order valence-electron chi connectivity index (χ4n) is 1.83. The number of piperazine rings is 1. The lowest BCUT2D eigenvalue weighted by Crippen LogP contribution is -2.57. The topological polar surface area (TPSA) is 71.2 Å². The zero-order valence-corrected chi connectivity index (χ0v) is 8.99. The maximum atomic E-state index is 13.6. The summed E-state index contributed by atoms with van der Waals surface area (Å²) in [4.78, 5) is 16.4. The number of nitrogens with two attached hydrogens (primary N) is 1. The van der Waals surface area contributed by atoms with Crippen molar-refractivity contribution in [3.63, 3.8) is 0 Å². The van der Waals surface area contributed by atoms with E-state index in [2.05, 4.69) is 10.3 Å². The maximum absolute atomic E-state index is 13.6. The summed E-state index contributed by atoms with van der Waals surface area (Å²) in [5, 5.41) is 2.98. The van der Waals surface area contributed by atoms with Crippen LogP contribution in [0.2, 0.25) is 0 Å². The number of primary amides is 1. The molecule has 1 fully saturated rings. The van der Waals surface area contributed by atoms with E-state index in [0.717, 1.165) is 12.3 Å². The summed E-state index contributed by atoms with van der Waals surface area (Å²) in [6.07, 6.45) is 0.915. The van der Waals surface area contributed by atoms with Crippen LogP contribution in [-0.4, -0.2) is 36.6 Å². The van der Waals surface area contributed by atoms with Gasteiger partial charge < -0.3 is 16.0 Å². The van der Waals surface area contributed by atoms with Crippen LogP contribution in [0.5, 0.6) is 0 Å². The number of nitrogens with zero attached hydrogens (tertiary/aromatic N) is 2. The highest BCUT2D eigenvalue weighted by Gasteiger charge is 2.29. The number of carbonyl (C=O) groups excluding carboxylic acids is 1. The Morgan fingerprint density at radius 2 is 2.35 bits per heavy atom. The first kappa shape index (κ1) is 11.7. The number of hydrogen-bond donors (Lipinski definition) is 2. The van der Waals surface area contributed by atoms with Gasteiger partial charge in [0.05, 0.1) is 6.20 Å². The molecule has 7 heteroatoms. The Labute approximate surface area is 96.6 Å². The molecular formula is C10H12F2N4O. The van der Waals surface area contributed by atoms with E-state index in [4.69, 9.17) is 5.73 Å². The highest BCUT2D eigenvalue weighted by Crippen LogP contribution is 2.19. The van der Waals surface area contributed by atoms with Crippen molar-refractivity contribution >= 4 is 11.7 Å². The van der Waals surface area contributed by atoms with Crippen LogP contribution in [0.3, 0.4) is 0 Å². The van der Waals surface area contributed by atoms with E-state index in [9.17, 15) is 13.6 Å². The average molecular weight is 242 g/mol. The number of hydrogen-bond acceptors (Lipinski definition) is 4. The molecule has 2 heterocycles. The van der Waals surface area contributed by atoms with Crippen molar-refractivity contribution in [3.8, 4) is 0 Å². The summed E-state index contributed by atoms with van der Waals surface area (Å²) in [6, 6.07) is 0.0683. The zero-order valence-electron chi connectivity index (χ0n) is 8.99. The van der Waals surface area contributed by atoms with E-state index in [-0.39, 0.29) is 5.82 Å². The van der Waals surface area contributed by atoms with Crippen molar-refractivity contribution in [1.82, 2.24) is 10.3 Å². The van der Waals surface area contributed by atoms with E-state index in [1.54, 1.807) is 0 Å². The molecule has 0 spiro atoms. The molecule has 0 aliphatic carbocycles. The Morgan fingerprint density at radius 1 is 1.59 bits per heavy atom. The molecule has 1 unspecified atom stereocenters. The third-order valence-corrected chi connectivity index (χ3v) is 2.63. The van der Waals surface area contributed by atoms with Crippen molar-refractivity contribution in [2.24, 2.45) is 5.73 Å². The van der Waals surface area contributed by atoms with Gasteiger partial charge in [-0.05, 0) is 0 Å². The number of aromatic nitrogens is 1. The van der Waals surface area contributed by atoms with Gasteiger partial charge in [-0.1, -0.05) is 0 Å². The number of anilines is 1. The lowest BCUT2D eigenvalue weighted by molar-refractivity contribution is -0.119. The largest absolute Gasteiger partial charge is 0.368 e. The molecule has 1 saturated heterocycles.